The first-order valence-electron chi connectivity index (χ1n) is 3.04. The molecule has 51 valence electrons. The molecule has 3 heteroatoms. The lowest BCUT2D eigenvalue weighted by Gasteiger charge is -2.04. The summed E-state index contributed by atoms with van der Waals surface area (Å²) in [7, 11) is 3.04. The summed E-state index contributed by atoms with van der Waals surface area (Å²) in [5.41, 5.74) is 0. The Labute approximate surface area is 54.4 Å². The lowest BCUT2D eigenvalue weighted by Crippen LogP contribution is -2.31. The molecule has 0 aromatic rings. The Kier molecular flexibility index (Phi) is 2.05. The SMILES string of the molecule is [CH2]OC(=O)C1CCCN1. The number of esters is 1. The molecule has 3 nitrogen and oxygen atoms in total. The zero-order valence-electron chi connectivity index (χ0n) is 5.22. The van der Waals surface area contributed by atoms with Crippen molar-refractivity contribution in [2.24, 2.45) is 0 Å². The van der Waals surface area contributed by atoms with Gasteiger partial charge in [0.05, 0.1) is 0 Å². The van der Waals surface area contributed by atoms with Gasteiger partial charge in [0, 0.05) is 0 Å². The van der Waals surface area contributed by atoms with E-state index in [1.54, 1.807) is 0 Å². The van der Waals surface area contributed by atoms with Crippen LogP contribution in [0.1, 0.15) is 12.8 Å². The average molecular weight is 128 g/mol. The Morgan fingerprint density at radius 2 is 2.56 bits per heavy atom. The first-order chi connectivity index (χ1) is 4.34. The number of carbonyl (C=O) groups is 1. The van der Waals surface area contributed by atoms with E-state index in [1.807, 2.05) is 0 Å². The summed E-state index contributed by atoms with van der Waals surface area (Å²) in [6.45, 7) is 0.916. The number of carbonyl (C=O) groups excluding carboxylic acids is 1. The van der Waals surface area contributed by atoms with Gasteiger partial charge in [0.15, 0.2) is 0 Å². The van der Waals surface area contributed by atoms with Crippen LogP contribution in [0.5, 0.6) is 0 Å². The maximum Gasteiger partial charge on any atom is 0.323 e. The van der Waals surface area contributed by atoms with Gasteiger partial charge in [-0.05, 0) is 19.4 Å². The smallest absolute Gasteiger partial charge is 0.323 e. The van der Waals surface area contributed by atoms with Crippen LogP contribution in [0.25, 0.3) is 0 Å². The van der Waals surface area contributed by atoms with Gasteiger partial charge in [-0.25, -0.2) is 0 Å². The number of hydrogen-bond donors (Lipinski definition) is 1. The number of nitrogens with one attached hydrogen (secondary N) is 1. The molecule has 1 radical (unpaired) electrons. The third-order valence-corrected chi connectivity index (χ3v) is 1.49. The van der Waals surface area contributed by atoms with E-state index in [-0.39, 0.29) is 12.0 Å². The minimum Gasteiger partial charge on any atom is -0.461 e. The molecule has 1 heterocycles. The van der Waals surface area contributed by atoms with Gasteiger partial charge >= 0.3 is 5.97 Å². The molecule has 9 heavy (non-hydrogen) atoms. The molecule has 1 aliphatic rings. The van der Waals surface area contributed by atoms with Crippen molar-refractivity contribution in [1.82, 2.24) is 5.32 Å². The van der Waals surface area contributed by atoms with E-state index < -0.39 is 0 Å². The van der Waals surface area contributed by atoms with Crippen LogP contribution in [0.4, 0.5) is 0 Å². The van der Waals surface area contributed by atoms with Gasteiger partial charge in [-0.15, -0.1) is 0 Å². The minimum atomic E-state index is -0.243. The molecule has 0 aliphatic carbocycles. The van der Waals surface area contributed by atoms with Crippen LogP contribution >= 0.6 is 0 Å². The zero-order valence-corrected chi connectivity index (χ0v) is 5.22. The number of rotatable bonds is 1. The second-order valence-electron chi connectivity index (χ2n) is 2.11. The molecule has 0 amide bonds. The van der Waals surface area contributed by atoms with Gasteiger partial charge in [0.2, 0.25) is 0 Å². The first-order valence-corrected chi connectivity index (χ1v) is 3.04. The Hall–Kier alpha value is -0.570. The van der Waals surface area contributed by atoms with Crippen molar-refractivity contribution in [3.05, 3.63) is 7.11 Å². The van der Waals surface area contributed by atoms with Crippen molar-refractivity contribution < 1.29 is 9.53 Å². The minimum absolute atomic E-state index is 0.0949. The fraction of sp³-hybridized carbons (Fsp3) is 0.667. The Balaban J connectivity index is 2.32. The molecule has 1 saturated heterocycles. The van der Waals surface area contributed by atoms with Gasteiger partial charge in [0.1, 0.15) is 13.2 Å². The highest BCUT2D eigenvalue weighted by atomic mass is 16.5. The summed E-state index contributed by atoms with van der Waals surface area (Å²) >= 11 is 0. The van der Waals surface area contributed by atoms with Crippen molar-refractivity contribution in [2.75, 3.05) is 6.54 Å². The molecule has 1 N–H and O–H groups in total. The van der Waals surface area contributed by atoms with Crippen molar-refractivity contribution >= 4 is 5.97 Å². The van der Waals surface area contributed by atoms with Crippen molar-refractivity contribution in [3.63, 3.8) is 0 Å². The fourth-order valence-electron chi connectivity index (χ4n) is 0.986. The van der Waals surface area contributed by atoms with E-state index in [9.17, 15) is 4.79 Å². The summed E-state index contributed by atoms with van der Waals surface area (Å²) < 4.78 is 4.28. The molecule has 1 aliphatic heterocycles. The van der Waals surface area contributed by atoms with Crippen LogP contribution < -0.4 is 5.32 Å². The monoisotopic (exact) mass is 128 g/mol. The van der Waals surface area contributed by atoms with Gasteiger partial charge in [0.25, 0.3) is 0 Å². The zero-order chi connectivity index (χ0) is 6.69. The van der Waals surface area contributed by atoms with E-state index in [1.165, 1.54) is 0 Å². The topological polar surface area (TPSA) is 38.3 Å². The van der Waals surface area contributed by atoms with Gasteiger partial charge in [-0.3, -0.25) is 4.79 Å². The summed E-state index contributed by atoms with van der Waals surface area (Å²) in [4.78, 5) is 10.7. The van der Waals surface area contributed by atoms with E-state index in [2.05, 4.69) is 17.2 Å². The summed E-state index contributed by atoms with van der Waals surface area (Å²) in [6, 6.07) is -0.0949. The van der Waals surface area contributed by atoms with Crippen LogP contribution in [0.15, 0.2) is 0 Å². The highest BCUT2D eigenvalue weighted by Gasteiger charge is 2.21. The molecular weight excluding hydrogens is 118 g/mol. The van der Waals surface area contributed by atoms with Crippen LogP contribution in [-0.2, 0) is 9.53 Å². The lowest BCUT2D eigenvalue weighted by atomic mass is 10.2. The van der Waals surface area contributed by atoms with Gasteiger partial charge in [-0.2, -0.15) is 0 Å². The molecule has 0 bridgehead atoms. The van der Waals surface area contributed by atoms with Crippen molar-refractivity contribution in [2.45, 2.75) is 18.9 Å². The third kappa shape index (κ3) is 1.42. The molecule has 0 aromatic heterocycles. The third-order valence-electron chi connectivity index (χ3n) is 1.49. The van der Waals surface area contributed by atoms with Crippen LogP contribution in [-0.4, -0.2) is 18.6 Å². The fourth-order valence-corrected chi connectivity index (χ4v) is 0.986. The highest BCUT2D eigenvalue weighted by Crippen LogP contribution is 2.05. The van der Waals surface area contributed by atoms with Crippen LogP contribution in [0, 0.1) is 7.11 Å². The summed E-state index contributed by atoms with van der Waals surface area (Å²) in [6.07, 6.45) is 1.94. The molecule has 0 spiro atoms. The van der Waals surface area contributed by atoms with Crippen molar-refractivity contribution in [3.8, 4) is 0 Å². The number of hydrogen-bond acceptors (Lipinski definition) is 3. The second-order valence-corrected chi connectivity index (χ2v) is 2.11. The summed E-state index contributed by atoms with van der Waals surface area (Å²) in [5, 5.41) is 2.99. The Morgan fingerprint density at radius 3 is 3.00 bits per heavy atom. The molecular formula is C6H10NO2. The van der Waals surface area contributed by atoms with Gasteiger partial charge < -0.3 is 10.1 Å². The van der Waals surface area contributed by atoms with E-state index in [0.717, 1.165) is 19.4 Å². The highest BCUT2D eigenvalue weighted by molar-refractivity contribution is 5.76. The second kappa shape index (κ2) is 2.82. The Bertz CT molecular complexity index is 108. The van der Waals surface area contributed by atoms with Crippen LogP contribution in [0.3, 0.4) is 0 Å². The maximum absolute atomic E-state index is 10.7. The predicted octanol–water partition coefficient (Wildman–Crippen LogP) is 0.0732. The van der Waals surface area contributed by atoms with E-state index >= 15 is 0 Å². The van der Waals surface area contributed by atoms with E-state index in [0.29, 0.717) is 0 Å². The lowest BCUT2D eigenvalue weighted by molar-refractivity contribution is -0.140. The van der Waals surface area contributed by atoms with Crippen LogP contribution in [0.2, 0.25) is 0 Å². The quantitative estimate of drug-likeness (QED) is 0.508. The molecule has 1 rings (SSSR count). The largest absolute Gasteiger partial charge is 0.461 e. The molecule has 0 aromatic carbocycles. The summed E-state index contributed by atoms with van der Waals surface area (Å²) in [5.74, 6) is -0.243. The Morgan fingerprint density at radius 1 is 1.78 bits per heavy atom. The molecule has 1 unspecified atom stereocenters. The first kappa shape index (κ1) is 6.55. The molecule has 1 atom stereocenters. The molecule has 0 saturated carbocycles. The maximum atomic E-state index is 10.7. The number of ether oxygens (including phenoxy) is 1. The predicted molar refractivity (Wildman–Crippen MR) is 32.5 cm³/mol. The average Bonchev–Trinajstić information content (AvgIpc) is 2.37. The standard InChI is InChI=1S/C6H10NO2/c1-9-6(8)5-3-2-4-7-5/h5,7H,1-4H2. The normalized spacial score (nSPS) is 26.1. The molecule has 1 fully saturated rings. The van der Waals surface area contributed by atoms with Gasteiger partial charge in [-0.1, -0.05) is 0 Å². The van der Waals surface area contributed by atoms with Crippen molar-refractivity contribution in [1.29, 1.82) is 0 Å². The van der Waals surface area contributed by atoms with E-state index in [4.69, 9.17) is 0 Å².